The van der Waals surface area contributed by atoms with Gasteiger partial charge in [0.15, 0.2) is 5.58 Å². The number of rotatable bonds is 5. The third kappa shape index (κ3) is 3.08. The molecule has 0 fully saturated rings. The molecule has 0 saturated heterocycles. The third-order valence-corrected chi connectivity index (χ3v) is 4.31. The minimum absolute atomic E-state index is 0.489. The van der Waals surface area contributed by atoms with Crippen LogP contribution in [0.4, 0.5) is 0 Å². The second kappa shape index (κ2) is 5.22. The number of nitrogens with zero attached hydrogens (tertiary/aromatic N) is 1. The van der Waals surface area contributed by atoms with Crippen LogP contribution < -0.4 is 5.73 Å². The Morgan fingerprint density at radius 2 is 2.21 bits per heavy atom. The summed E-state index contributed by atoms with van der Waals surface area (Å²) >= 11 is 1.42. The Hall–Kier alpha value is -1.53. The Kier molecular flexibility index (Phi) is 3.82. The van der Waals surface area contributed by atoms with Gasteiger partial charge in [-0.25, -0.2) is 4.98 Å². The molecule has 1 heterocycles. The van der Waals surface area contributed by atoms with Crippen molar-refractivity contribution in [3.8, 4) is 0 Å². The van der Waals surface area contributed by atoms with Gasteiger partial charge in [0.1, 0.15) is 11.6 Å². The number of aromatic nitrogens is 1. The summed E-state index contributed by atoms with van der Waals surface area (Å²) in [7, 11) is 0. The SMILES string of the molecule is CC(C)(SCc1nc2ccccc2o1)[C@H](N)C(=O)O. The number of aliphatic carboxylic acids is 1. The van der Waals surface area contributed by atoms with Gasteiger partial charge < -0.3 is 15.3 Å². The maximum Gasteiger partial charge on any atom is 0.321 e. The molecule has 3 N–H and O–H groups in total. The molecule has 19 heavy (non-hydrogen) atoms. The van der Waals surface area contributed by atoms with Gasteiger partial charge in [-0.05, 0) is 26.0 Å². The zero-order chi connectivity index (χ0) is 14.0. The first-order chi connectivity index (χ1) is 8.90. The van der Waals surface area contributed by atoms with Crippen LogP contribution in [0.2, 0.25) is 0 Å². The number of benzene rings is 1. The molecule has 5 nitrogen and oxygen atoms in total. The average Bonchev–Trinajstić information content (AvgIpc) is 2.78. The lowest BCUT2D eigenvalue weighted by molar-refractivity contribution is -0.139. The lowest BCUT2D eigenvalue weighted by atomic mass is 10.1. The first kappa shape index (κ1) is 13.9. The van der Waals surface area contributed by atoms with Crippen LogP contribution in [0.15, 0.2) is 28.7 Å². The van der Waals surface area contributed by atoms with E-state index >= 15 is 0 Å². The number of para-hydroxylation sites is 2. The van der Waals surface area contributed by atoms with E-state index in [9.17, 15) is 4.79 Å². The fraction of sp³-hybridized carbons (Fsp3) is 0.385. The van der Waals surface area contributed by atoms with Gasteiger partial charge in [0.2, 0.25) is 5.89 Å². The molecule has 0 spiro atoms. The molecule has 0 aliphatic carbocycles. The minimum Gasteiger partial charge on any atom is -0.480 e. The van der Waals surface area contributed by atoms with E-state index in [-0.39, 0.29) is 0 Å². The number of carboxylic acid groups (broad SMARTS) is 1. The van der Waals surface area contributed by atoms with Crippen molar-refractivity contribution < 1.29 is 14.3 Å². The van der Waals surface area contributed by atoms with Crippen molar-refractivity contribution in [1.82, 2.24) is 4.98 Å². The zero-order valence-corrected chi connectivity index (χ0v) is 11.6. The van der Waals surface area contributed by atoms with E-state index in [0.717, 1.165) is 11.1 Å². The number of fused-ring (bicyclic) bond motifs is 1. The Labute approximate surface area is 115 Å². The van der Waals surface area contributed by atoms with Crippen LogP contribution in [0.1, 0.15) is 19.7 Å². The van der Waals surface area contributed by atoms with Crippen LogP contribution in [-0.2, 0) is 10.5 Å². The summed E-state index contributed by atoms with van der Waals surface area (Å²) < 4.78 is 4.99. The molecule has 2 rings (SSSR count). The van der Waals surface area contributed by atoms with E-state index in [1.807, 2.05) is 24.3 Å². The molecule has 1 atom stereocenters. The molecule has 2 aromatic rings. The molecular weight excluding hydrogens is 264 g/mol. The molecule has 0 unspecified atom stereocenters. The molecule has 0 amide bonds. The number of carbonyl (C=O) groups is 1. The highest BCUT2D eigenvalue weighted by molar-refractivity contribution is 7.99. The van der Waals surface area contributed by atoms with Crippen LogP contribution in [0.25, 0.3) is 11.1 Å². The Morgan fingerprint density at radius 1 is 1.53 bits per heavy atom. The van der Waals surface area contributed by atoms with Gasteiger partial charge in [-0.1, -0.05) is 12.1 Å². The summed E-state index contributed by atoms with van der Waals surface area (Å²) in [5.41, 5.74) is 7.20. The van der Waals surface area contributed by atoms with Crippen LogP contribution in [0.5, 0.6) is 0 Å². The van der Waals surface area contributed by atoms with Gasteiger partial charge in [0.25, 0.3) is 0 Å². The maximum atomic E-state index is 10.9. The fourth-order valence-corrected chi connectivity index (χ4v) is 2.52. The third-order valence-electron chi connectivity index (χ3n) is 2.92. The van der Waals surface area contributed by atoms with Crippen molar-refractivity contribution >= 4 is 28.8 Å². The van der Waals surface area contributed by atoms with Crippen LogP contribution in [0, 0.1) is 0 Å². The molecule has 1 aromatic heterocycles. The second-order valence-corrected chi connectivity index (χ2v) is 6.41. The van der Waals surface area contributed by atoms with Gasteiger partial charge in [-0.2, -0.15) is 0 Å². The van der Waals surface area contributed by atoms with E-state index in [4.69, 9.17) is 15.3 Å². The van der Waals surface area contributed by atoms with Crippen molar-refractivity contribution in [2.45, 2.75) is 30.4 Å². The Balaban J connectivity index is 2.07. The molecular formula is C13H16N2O3S. The van der Waals surface area contributed by atoms with Gasteiger partial charge in [0.05, 0.1) is 5.75 Å². The number of thioether (sulfide) groups is 1. The molecule has 102 valence electrons. The van der Waals surface area contributed by atoms with Crippen molar-refractivity contribution in [2.24, 2.45) is 5.73 Å². The molecule has 6 heteroatoms. The molecule has 0 aliphatic rings. The van der Waals surface area contributed by atoms with Gasteiger partial charge in [0, 0.05) is 4.75 Å². The highest BCUT2D eigenvalue weighted by Crippen LogP contribution is 2.31. The lowest BCUT2D eigenvalue weighted by Gasteiger charge is -2.27. The van der Waals surface area contributed by atoms with Crippen molar-refractivity contribution in [2.75, 3.05) is 0 Å². The highest BCUT2D eigenvalue weighted by atomic mass is 32.2. The van der Waals surface area contributed by atoms with Crippen molar-refractivity contribution in [3.63, 3.8) is 0 Å². The average molecular weight is 280 g/mol. The molecule has 0 saturated carbocycles. The topological polar surface area (TPSA) is 89.4 Å². The number of hydrogen-bond acceptors (Lipinski definition) is 5. The van der Waals surface area contributed by atoms with Crippen molar-refractivity contribution in [3.05, 3.63) is 30.2 Å². The lowest BCUT2D eigenvalue weighted by Crippen LogP contribution is -2.46. The largest absolute Gasteiger partial charge is 0.480 e. The van der Waals surface area contributed by atoms with Crippen LogP contribution in [-0.4, -0.2) is 26.8 Å². The minimum atomic E-state index is -1.00. The van der Waals surface area contributed by atoms with E-state index in [1.54, 1.807) is 13.8 Å². The second-order valence-electron chi connectivity index (χ2n) is 4.78. The molecule has 0 aliphatic heterocycles. The Morgan fingerprint density at radius 3 is 2.84 bits per heavy atom. The number of nitrogens with two attached hydrogens (primary N) is 1. The van der Waals surface area contributed by atoms with E-state index in [2.05, 4.69) is 4.98 Å². The summed E-state index contributed by atoms with van der Waals surface area (Å²) in [4.78, 5) is 15.3. The summed E-state index contributed by atoms with van der Waals surface area (Å²) in [6.45, 7) is 3.61. The van der Waals surface area contributed by atoms with Gasteiger partial charge in [-0.15, -0.1) is 11.8 Å². The number of carboxylic acids is 1. The zero-order valence-electron chi connectivity index (χ0n) is 10.8. The maximum absolute atomic E-state index is 10.9. The summed E-state index contributed by atoms with van der Waals surface area (Å²) in [6, 6.07) is 6.58. The summed E-state index contributed by atoms with van der Waals surface area (Å²) in [5, 5.41) is 8.95. The van der Waals surface area contributed by atoms with Crippen molar-refractivity contribution in [1.29, 1.82) is 0 Å². The first-order valence-electron chi connectivity index (χ1n) is 5.87. The normalized spacial score (nSPS) is 13.6. The monoisotopic (exact) mass is 280 g/mol. The summed E-state index contributed by atoms with van der Waals surface area (Å²) in [5.74, 6) is 0.0646. The van der Waals surface area contributed by atoms with Crippen LogP contribution in [0.3, 0.4) is 0 Å². The smallest absolute Gasteiger partial charge is 0.321 e. The first-order valence-corrected chi connectivity index (χ1v) is 6.85. The number of hydrogen-bond donors (Lipinski definition) is 2. The highest BCUT2D eigenvalue weighted by Gasteiger charge is 2.32. The molecule has 0 radical (unpaired) electrons. The quantitative estimate of drug-likeness (QED) is 0.873. The van der Waals surface area contributed by atoms with E-state index in [0.29, 0.717) is 11.6 Å². The molecule has 0 bridgehead atoms. The van der Waals surface area contributed by atoms with Crippen LogP contribution >= 0.6 is 11.8 Å². The predicted octanol–water partition coefficient (Wildman–Crippen LogP) is 2.25. The standard InChI is InChI=1S/C13H16N2O3S/c1-13(2,11(14)12(16)17)19-7-10-15-8-5-3-4-6-9(8)18-10/h3-6,11H,7,14H2,1-2H3,(H,16,17)/t11-/m1/s1. The predicted molar refractivity (Wildman–Crippen MR) is 75.0 cm³/mol. The van der Waals surface area contributed by atoms with E-state index in [1.165, 1.54) is 11.8 Å². The summed E-state index contributed by atoms with van der Waals surface area (Å²) in [6.07, 6.45) is 0. The fourth-order valence-electron chi connectivity index (χ4n) is 1.62. The van der Waals surface area contributed by atoms with Gasteiger partial charge >= 0.3 is 5.97 Å². The molecule has 1 aromatic carbocycles. The number of oxazole rings is 1. The van der Waals surface area contributed by atoms with Gasteiger partial charge in [-0.3, -0.25) is 4.79 Å². The van der Waals surface area contributed by atoms with E-state index < -0.39 is 16.8 Å². The Bertz CT molecular complexity index is 561.